The van der Waals surface area contributed by atoms with Crippen molar-refractivity contribution in [2.45, 2.75) is 51.1 Å². The largest absolute Gasteiger partial charge is 0.494 e. The van der Waals surface area contributed by atoms with Crippen LogP contribution in [0, 0.1) is 0 Å². The van der Waals surface area contributed by atoms with E-state index in [1.165, 1.54) is 19.4 Å². The van der Waals surface area contributed by atoms with E-state index in [0.717, 1.165) is 43.5 Å². The first-order chi connectivity index (χ1) is 11.7. The molecule has 0 bridgehead atoms. The zero-order valence-electron chi connectivity index (χ0n) is 14.6. The minimum atomic E-state index is 0.131. The number of ether oxygens (including phenoxy) is 1. The summed E-state index contributed by atoms with van der Waals surface area (Å²) in [5.41, 5.74) is 6.70. The molecule has 0 aromatic heterocycles. The molecule has 0 spiro atoms. The van der Waals surface area contributed by atoms with Gasteiger partial charge in [0.05, 0.1) is 6.61 Å². The number of rotatable bonds is 7. The maximum Gasteiger partial charge on any atom is 0.227 e. The van der Waals surface area contributed by atoms with Crippen LogP contribution in [0.1, 0.15) is 39.0 Å². The van der Waals surface area contributed by atoms with Gasteiger partial charge >= 0.3 is 0 Å². The standard InChI is InChI=1S/C19H29N3O2/c1-15-4-2-11-21(15)12-3-13-24-18-8-5-16(6-9-18)22-17(14-20)7-10-19(22)23/h5-6,8-9,15,17H,2-4,7,10-14,20H2,1H3. The highest BCUT2D eigenvalue weighted by atomic mass is 16.5. The first-order valence-electron chi connectivity index (χ1n) is 9.18. The number of carbonyl (C=O) groups is 1. The molecule has 3 rings (SSSR count). The van der Waals surface area contributed by atoms with Crippen LogP contribution < -0.4 is 15.4 Å². The number of benzene rings is 1. The summed E-state index contributed by atoms with van der Waals surface area (Å²) in [4.78, 5) is 16.4. The van der Waals surface area contributed by atoms with Crippen LogP contribution in [0.3, 0.4) is 0 Å². The van der Waals surface area contributed by atoms with Crippen molar-refractivity contribution >= 4 is 11.6 Å². The van der Waals surface area contributed by atoms with Gasteiger partial charge < -0.3 is 20.3 Å². The van der Waals surface area contributed by atoms with E-state index in [0.29, 0.717) is 13.0 Å². The third-order valence-corrected chi connectivity index (χ3v) is 5.26. The van der Waals surface area contributed by atoms with E-state index in [-0.39, 0.29) is 11.9 Å². The minimum Gasteiger partial charge on any atom is -0.494 e. The molecule has 2 atom stereocenters. The minimum absolute atomic E-state index is 0.131. The van der Waals surface area contributed by atoms with Crippen molar-refractivity contribution in [3.63, 3.8) is 0 Å². The SMILES string of the molecule is CC1CCCN1CCCOc1ccc(N2C(=O)CCC2CN)cc1. The monoisotopic (exact) mass is 331 g/mol. The Hall–Kier alpha value is -1.59. The average molecular weight is 331 g/mol. The Morgan fingerprint density at radius 2 is 2.04 bits per heavy atom. The first kappa shape index (κ1) is 17.2. The van der Waals surface area contributed by atoms with Crippen molar-refractivity contribution in [3.05, 3.63) is 24.3 Å². The molecule has 2 unspecified atom stereocenters. The lowest BCUT2D eigenvalue weighted by molar-refractivity contribution is -0.117. The molecule has 5 nitrogen and oxygen atoms in total. The Bertz CT molecular complexity index is 546. The van der Waals surface area contributed by atoms with Gasteiger partial charge in [0, 0.05) is 37.3 Å². The molecule has 24 heavy (non-hydrogen) atoms. The molecule has 0 aliphatic carbocycles. The molecule has 2 aliphatic heterocycles. The lowest BCUT2D eigenvalue weighted by Gasteiger charge is -2.24. The third-order valence-electron chi connectivity index (χ3n) is 5.26. The van der Waals surface area contributed by atoms with Gasteiger partial charge in [-0.05, 0) is 63.4 Å². The van der Waals surface area contributed by atoms with E-state index in [9.17, 15) is 4.79 Å². The highest BCUT2D eigenvalue weighted by molar-refractivity contribution is 5.96. The van der Waals surface area contributed by atoms with E-state index in [4.69, 9.17) is 10.5 Å². The van der Waals surface area contributed by atoms with Crippen molar-refractivity contribution in [1.29, 1.82) is 0 Å². The zero-order valence-corrected chi connectivity index (χ0v) is 14.6. The number of hydrogen-bond acceptors (Lipinski definition) is 4. The van der Waals surface area contributed by atoms with Gasteiger partial charge in [0.15, 0.2) is 0 Å². The fourth-order valence-electron chi connectivity index (χ4n) is 3.81. The van der Waals surface area contributed by atoms with Gasteiger partial charge in [0.25, 0.3) is 0 Å². The second-order valence-corrected chi connectivity index (χ2v) is 6.92. The number of likely N-dealkylation sites (tertiary alicyclic amines) is 1. The van der Waals surface area contributed by atoms with Gasteiger partial charge in [-0.15, -0.1) is 0 Å². The highest BCUT2D eigenvalue weighted by Gasteiger charge is 2.30. The van der Waals surface area contributed by atoms with Crippen LogP contribution in [-0.2, 0) is 4.79 Å². The highest BCUT2D eigenvalue weighted by Crippen LogP contribution is 2.28. The number of anilines is 1. The normalized spacial score (nSPS) is 24.8. The van der Waals surface area contributed by atoms with Gasteiger partial charge in [0.2, 0.25) is 5.91 Å². The Kier molecular flexibility index (Phi) is 5.74. The van der Waals surface area contributed by atoms with Crippen molar-refractivity contribution in [2.24, 2.45) is 5.73 Å². The Labute approximate surface area is 144 Å². The molecule has 1 amide bonds. The van der Waals surface area contributed by atoms with Crippen molar-refractivity contribution in [2.75, 3.05) is 31.1 Å². The second kappa shape index (κ2) is 7.99. The second-order valence-electron chi connectivity index (χ2n) is 6.92. The Balaban J connectivity index is 1.47. The van der Waals surface area contributed by atoms with Crippen molar-refractivity contribution in [3.8, 4) is 5.75 Å². The third kappa shape index (κ3) is 3.90. The fraction of sp³-hybridized carbons (Fsp3) is 0.632. The molecular formula is C19H29N3O2. The molecule has 2 aliphatic rings. The van der Waals surface area contributed by atoms with Crippen LogP contribution in [0.15, 0.2) is 24.3 Å². The predicted molar refractivity (Wildman–Crippen MR) is 96.4 cm³/mol. The van der Waals surface area contributed by atoms with Gasteiger partial charge in [-0.25, -0.2) is 0 Å². The number of hydrogen-bond donors (Lipinski definition) is 1. The van der Waals surface area contributed by atoms with Gasteiger partial charge in [0.1, 0.15) is 5.75 Å². The molecule has 1 aromatic carbocycles. The molecular weight excluding hydrogens is 302 g/mol. The molecule has 2 N–H and O–H groups in total. The van der Waals surface area contributed by atoms with Gasteiger partial charge in [-0.1, -0.05) is 0 Å². The van der Waals surface area contributed by atoms with E-state index in [2.05, 4.69) is 11.8 Å². The molecule has 1 aromatic rings. The number of amides is 1. The molecule has 2 saturated heterocycles. The lowest BCUT2D eigenvalue weighted by atomic mass is 10.2. The smallest absolute Gasteiger partial charge is 0.227 e. The molecule has 0 saturated carbocycles. The van der Waals surface area contributed by atoms with Crippen LogP contribution in [0.4, 0.5) is 5.69 Å². The summed E-state index contributed by atoms with van der Waals surface area (Å²) < 4.78 is 5.84. The maximum atomic E-state index is 12.0. The predicted octanol–water partition coefficient (Wildman–Crippen LogP) is 2.39. The molecule has 132 valence electrons. The van der Waals surface area contributed by atoms with Crippen molar-refractivity contribution < 1.29 is 9.53 Å². The van der Waals surface area contributed by atoms with Crippen LogP contribution in [-0.4, -0.2) is 49.1 Å². The molecule has 5 heteroatoms. The van der Waals surface area contributed by atoms with E-state index in [1.807, 2.05) is 29.2 Å². The summed E-state index contributed by atoms with van der Waals surface area (Å²) in [6.07, 6.45) is 5.13. The average Bonchev–Trinajstić information content (AvgIpc) is 3.18. The quantitative estimate of drug-likeness (QED) is 0.780. The van der Waals surface area contributed by atoms with E-state index < -0.39 is 0 Å². The summed E-state index contributed by atoms with van der Waals surface area (Å²) in [6.45, 7) is 5.89. The zero-order chi connectivity index (χ0) is 16.9. The number of nitrogens with zero attached hydrogens (tertiary/aromatic N) is 2. The van der Waals surface area contributed by atoms with Gasteiger partial charge in [-0.2, -0.15) is 0 Å². The maximum absolute atomic E-state index is 12.0. The lowest BCUT2D eigenvalue weighted by Crippen LogP contribution is -2.37. The topological polar surface area (TPSA) is 58.8 Å². The van der Waals surface area contributed by atoms with Gasteiger partial charge in [-0.3, -0.25) is 4.79 Å². The molecule has 0 radical (unpaired) electrons. The Morgan fingerprint density at radius 3 is 2.71 bits per heavy atom. The van der Waals surface area contributed by atoms with Crippen molar-refractivity contribution in [1.82, 2.24) is 4.90 Å². The number of carbonyl (C=O) groups excluding carboxylic acids is 1. The molecule has 2 heterocycles. The van der Waals surface area contributed by atoms with Crippen LogP contribution in [0.2, 0.25) is 0 Å². The summed E-state index contributed by atoms with van der Waals surface area (Å²) in [6, 6.07) is 8.68. The first-order valence-corrected chi connectivity index (χ1v) is 9.18. The molecule has 2 fully saturated rings. The summed E-state index contributed by atoms with van der Waals surface area (Å²) in [7, 11) is 0. The summed E-state index contributed by atoms with van der Waals surface area (Å²) >= 11 is 0. The van der Waals surface area contributed by atoms with Crippen LogP contribution >= 0.6 is 0 Å². The van der Waals surface area contributed by atoms with E-state index in [1.54, 1.807) is 0 Å². The summed E-state index contributed by atoms with van der Waals surface area (Å²) in [5, 5.41) is 0. The van der Waals surface area contributed by atoms with E-state index >= 15 is 0 Å². The summed E-state index contributed by atoms with van der Waals surface area (Å²) in [5.74, 6) is 1.03. The fourth-order valence-corrected chi connectivity index (χ4v) is 3.81. The number of nitrogens with two attached hydrogens (primary N) is 1. The Morgan fingerprint density at radius 1 is 1.25 bits per heavy atom. The van der Waals surface area contributed by atoms with Crippen LogP contribution in [0.25, 0.3) is 0 Å². The van der Waals surface area contributed by atoms with Crippen LogP contribution in [0.5, 0.6) is 5.75 Å².